The van der Waals surface area contributed by atoms with E-state index >= 15 is 0 Å². The molecule has 4 rings (SSSR count). The van der Waals surface area contributed by atoms with Crippen molar-refractivity contribution in [2.24, 2.45) is 0 Å². The Hall–Kier alpha value is -2.41. The molecule has 0 amide bonds. The molecule has 0 radical (unpaired) electrons. The number of halogens is 1. The fourth-order valence-corrected chi connectivity index (χ4v) is 5.30. The number of nitro benzene ring substituents is 1. The molecule has 0 spiro atoms. The van der Waals surface area contributed by atoms with Gasteiger partial charge in [-0.1, -0.05) is 65.8 Å². The summed E-state index contributed by atoms with van der Waals surface area (Å²) >= 11 is 9.15. The SMILES string of the molecule is O=[N+]([O-])c1ccc2nc(S[C@H](c3ccccc3)c3ccc(Cl)cc3)sc2c1. The maximum absolute atomic E-state index is 11.0. The smallest absolute Gasteiger partial charge is 0.258 e. The predicted octanol–water partition coefficient (Wildman–Crippen LogP) is 6.74. The van der Waals surface area contributed by atoms with Crippen molar-refractivity contribution in [3.8, 4) is 0 Å². The highest BCUT2D eigenvalue weighted by molar-refractivity contribution is 8.01. The van der Waals surface area contributed by atoms with Crippen LogP contribution in [0.5, 0.6) is 0 Å². The minimum absolute atomic E-state index is 0.0546. The Bertz CT molecular complexity index is 1100. The minimum Gasteiger partial charge on any atom is -0.258 e. The molecular weight excluding hydrogens is 400 g/mol. The zero-order valence-electron chi connectivity index (χ0n) is 13.9. The third kappa shape index (κ3) is 3.98. The second-order valence-electron chi connectivity index (χ2n) is 5.85. The van der Waals surface area contributed by atoms with Gasteiger partial charge in [0, 0.05) is 17.2 Å². The summed E-state index contributed by atoms with van der Waals surface area (Å²) in [5.74, 6) is 0. The van der Waals surface area contributed by atoms with Gasteiger partial charge in [-0.15, -0.1) is 11.3 Å². The van der Waals surface area contributed by atoms with Crippen molar-refractivity contribution in [2.75, 3.05) is 0 Å². The monoisotopic (exact) mass is 412 g/mol. The van der Waals surface area contributed by atoms with E-state index < -0.39 is 0 Å². The molecule has 4 aromatic rings. The molecule has 27 heavy (non-hydrogen) atoms. The van der Waals surface area contributed by atoms with Gasteiger partial charge in [0.05, 0.1) is 20.4 Å². The van der Waals surface area contributed by atoms with Crippen molar-refractivity contribution in [1.29, 1.82) is 0 Å². The lowest BCUT2D eigenvalue weighted by molar-refractivity contribution is -0.384. The number of hydrogen-bond donors (Lipinski definition) is 0. The summed E-state index contributed by atoms with van der Waals surface area (Å²) in [6, 6.07) is 22.8. The standard InChI is InChI=1S/C20H13ClN2O2S2/c21-15-8-6-14(7-9-15)19(13-4-2-1-3-5-13)27-20-22-17-11-10-16(23(24)25)12-18(17)26-20/h1-12,19H/t19-/m1/s1. The number of non-ortho nitro benzene ring substituents is 1. The average molecular weight is 413 g/mol. The molecule has 1 atom stereocenters. The molecule has 7 heteroatoms. The van der Waals surface area contributed by atoms with Gasteiger partial charge >= 0.3 is 0 Å². The van der Waals surface area contributed by atoms with Gasteiger partial charge in [-0.05, 0) is 29.3 Å². The maximum atomic E-state index is 11.0. The van der Waals surface area contributed by atoms with Crippen molar-refractivity contribution >= 4 is 50.6 Å². The molecule has 0 aliphatic carbocycles. The van der Waals surface area contributed by atoms with Gasteiger partial charge in [0.25, 0.3) is 5.69 Å². The zero-order chi connectivity index (χ0) is 18.8. The van der Waals surface area contributed by atoms with Gasteiger partial charge in [-0.25, -0.2) is 4.98 Å². The summed E-state index contributed by atoms with van der Waals surface area (Å²) < 4.78 is 1.68. The van der Waals surface area contributed by atoms with Gasteiger partial charge in [-0.3, -0.25) is 10.1 Å². The molecule has 0 saturated heterocycles. The number of thioether (sulfide) groups is 1. The van der Waals surface area contributed by atoms with Crippen LogP contribution in [0.2, 0.25) is 5.02 Å². The Kier molecular flexibility index (Phi) is 5.11. The van der Waals surface area contributed by atoms with Crippen LogP contribution < -0.4 is 0 Å². The average Bonchev–Trinajstić information content (AvgIpc) is 3.09. The van der Waals surface area contributed by atoms with E-state index in [-0.39, 0.29) is 15.9 Å². The first kappa shape index (κ1) is 18.0. The number of fused-ring (bicyclic) bond motifs is 1. The topological polar surface area (TPSA) is 56.0 Å². The lowest BCUT2D eigenvalue weighted by Crippen LogP contribution is -1.96. The van der Waals surface area contributed by atoms with Crippen LogP contribution in [0.25, 0.3) is 10.2 Å². The van der Waals surface area contributed by atoms with Crippen LogP contribution in [0.1, 0.15) is 16.4 Å². The van der Waals surface area contributed by atoms with E-state index in [1.54, 1.807) is 23.9 Å². The predicted molar refractivity (Wildman–Crippen MR) is 112 cm³/mol. The van der Waals surface area contributed by atoms with Gasteiger partial charge in [-0.2, -0.15) is 0 Å². The van der Waals surface area contributed by atoms with Crippen LogP contribution in [0, 0.1) is 10.1 Å². The van der Waals surface area contributed by atoms with Crippen LogP contribution in [-0.2, 0) is 0 Å². The fraction of sp³-hybridized carbons (Fsp3) is 0.0500. The molecular formula is C20H13ClN2O2S2. The Labute approximate surface area is 169 Å². The first-order chi connectivity index (χ1) is 13.1. The normalized spacial score (nSPS) is 12.2. The second kappa shape index (κ2) is 7.68. The van der Waals surface area contributed by atoms with Crippen molar-refractivity contribution < 1.29 is 4.92 Å². The van der Waals surface area contributed by atoms with Crippen LogP contribution in [0.3, 0.4) is 0 Å². The summed E-state index contributed by atoms with van der Waals surface area (Å²) in [7, 11) is 0. The minimum atomic E-state index is -0.382. The van der Waals surface area contributed by atoms with Gasteiger partial charge < -0.3 is 0 Å². The van der Waals surface area contributed by atoms with E-state index in [1.807, 2.05) is 42.5 Å². The van der Waals surface area contributed by atoms with Crippen LogP contribution in [0.15, 0.2) is 77.1 Å². The lowest BCUT2D eigenvalue weighted by atomic mass is 10.0. The van der Waals surface area contributed by atoms with E-state index in [4.69, 9.17) is 11.6 Å². The summed E-state index contributed by atoms with van der Waals surface area (Å²) in [5, 5.41) is 11.8. The number of thiazole rings is 1. The van der Waals surface area contributed by atoms with Crippen molar-refractivity contribution in [3.05, 3.63) is 99.1 Å². The molecule has 1 heterocycles. The third-order valence-electron chi connectivity index (χ3n) is 4.06. The van der Waals surface area contributed by atoms with Gasteiger partial charge in [0.1, 0.15) is 0 Å². The largest absolute Gasteiger partial charge is 0.270 e. The first-order valence-corrected chi connectivity index (χ1v) is 10.2. The molecule has 0 aliphatic heterocycles. The molecule has 0 bridgehead atoms. The van der Waals surface area contributed by atoms with E-state index in [2.05, 4.69) is 17.1 Å². The first-order valence-electron chi connectivity index (χ1n) is 8.12. The summed E-state index contributed by atoms with van der Waals surface area (Å²) in [6.07, 6.45) is 0. The van der Waals surface area contributed by atoms with Crippen LogP contribution in [0.4, 0.5) is 5.69 Å². The van der Waals surface area contributed by atoms with Crippen molar-refractivity contribution in [3.63, 3.8) is 0 Å². The Morgan fingerprint density at radius 1 is 1.00 bits per heavy atom. The van der Waals surface area contributed by atoms with Gasteiger partial charge in [0.2, 0.25) is 0 Å². The number of hydrogen-bond acceptors (Lipinski definition) is 5. The summed E-state index contributed by atoms with van der Waals surface area (Å²) in [4.78, 5) is 15.3. The fourth-order valence-electron chi connectivity index (χ4n) is 2.75. The molecule has 4 nitrogen and oxygen atoms in total. The Balaban J connectivity index is 1.72. The quantitative estimate of drug-likeness (QED) is 0.207. The van der Waals surface area contributed by atoms with Crippen LogP contribution >= 0.6 is 34.7 Å². The molecule has 134 valence electrons. The molecule has 3 aromatic carbocycles. The van der Waals surface area contributed by atoms with Crippen LogP contribution in [-0.4, -0.2) is 9.91 Å². The zero-order valence-corrected chi connectivity index (χ0v) is 16.3. The molecule has 1 aromatic heterocycles. The highest BCUT2D eigenvalue weighted by Crippen LogP contribution is 2.43. The number of benzene rings is 3. The van der Waals surface area contributed by atoms with E-state index in [1.165, 1.54) is 17.4 Å². The lowest BCUT2D eigenvalue weighted by Gasteiger charge is -2.16. The number of rotatable bonds is 5. The molecule has 0 unspecified atom stereocenters. The molecule has 0 aliphatic rings. The number of aromatic nitrogens is 1. The van der Waals surface area contributed by atoms with E-state index in [9.17, 15) is 10.1 Å². The van der Waals surface area contributed by atoms with Crippen molar-refractivity contribution in [1.82, 2.24) is 4.98 Å². The highest BCUT2D eigenvalue weighted by atomic mass is 35.5. The molecule has 0 fully saturated rings. The third-order valence-corrected chi connectivity index (χ3v) is 6.73. The second-order valence-corrected chi connectivity index (χ2v) is 8.67. The maximum Gasteiger partial charge on any atom is 0.270 e. The number of nitro groups is 1. The van der Waals surface area contributed by atoms with Gasteiger partial charge in [0.15, 0.2) is 4.34 Å². The Morgan fingerprint density at radius 3 is 2.41 bits per heavy atom. The van der Waals surface area contributed by atoms with E-state index in [0.29, 0.717) is 5.02 Å². The van der Waals surface area contributed by atoms with E-state index in [0.717, 1.165) is 25.7 Å². The number of nitrogens with zero attached hydrogens (tertiary/aromatic N) is 2. The Morgan fingerprint density at radius 2 is 1.70 bits per heavy atom. The molecule has 0 saturated carbocycles. The summed E-state index contributed by atoms with van der Waals surface area (Å²) in [5.41, 5.74) is 3.15. The summed E-state index contributed by atoms with van der Waals surface area (Å²) in [6.45, 7) is 0. The molecule has 0 N–H and O–H groups in total. The van der Waals surface area contributed by atoms with Crippen molar-refractivity contribution in [2.45, 2.75) is 9.59 Å². The highest BCUT2D eigenvalue weighted by Gasteiger charge is 2.19.